The first-order chi connectivity index (χ1) is 9.22. The van der Waals surface area contributed by atoms with E-state index < -0.39 is 0 Å². The fourth-order valence-electron chi connectivity index (χ4n) is 3.18. The van der Waals surface area contributed by atoms with Gasteiger partial charge in [-0.25, -0.2) is 4.98 Å². The summed E-state index contributed by atoms with van der Waals surface area (Å²) in [5, 5.41) is 0. The lowest BCUT2D eigenvalue weighted by molar-refractivity contribution is 0.228. The minimum atomic E-state index is 0.268. The molecule has 19 heavy (non-hydrogen) atoms. The number of ether oxygens (including phenoxy) is 1. The van der Waals surface area contributed by atoms with Crippen LogP contribution in [0.1, 0.15) is 44.6 Å². The highest BCUT2D eigenvalue weighted by Gasteiger charge is 2.25. The fraction of sp³-hybridized carbons (Fsp3) is 0.688. The van der Waals surface area contributed by atoms with E-state index in [1.165, 1.54) is 37.7 Å². The van der Waals surface area contributed by atoms with Gasteiger partial charge in [-0.2, -0.15) is 0 Å². The first-order valence-electron chi connectivity index (χ1n) is 7.47. The molecule has 1 aromatic rings. The summed E-state index contributed by atoms with van der Waals surface area (Å²) in [7, 11) is 1.64. The molecule has 3 unspecified atom stereocenters. The van der Waals surface area contributed by atoms with Crippen LogP contribution < -0.4 is 10.5 Å². The standard InChI is InChI=1S/C16H26N2O/c1-3-12-5-4-6-14(9-12)15(17)10-13-7-8-16(19-2)18-11-13/h7-8,11-12,14-15H,3-6,9-10,17H2,1-2H3. The van der Waals surface area contributed by atoms with E-state index in [1.807, 2.05) is 12.3 Å². The van der Waals surface area contributed by atoms with Gasteiger partial charge in [0.1, 0.15) is 0 Å². The third-order valence-electron chi connectivity index (χ3n) is 4.48. The molecule has 1 saturated carbocycles. The van der Waals surface area contributed by atoms with Crippen LogP contribution in [-0.4, -0.2) is 18.1 Å². The first kappa shape index (κ1) is 14.3. The van der Waals surface area contributed by atoms with Crippen LogP contribution in [0.3, 0.4) is 0 Å². The van der Waals surface area contributed by atoms with Crippen LogP contribution in [0.25, 0.3) is 0 Å². The van der Waals surface area contributed by atoms with Gasteiger partial charge in [-0.1, -0.05) is 32.3 Å². The number of nitrogens with zero attached hydrogens (tertiary/aromatic N) is 1. The summed E-state index contributed by atoms with van der Waals surface area (Å²) in [5.74, 6) is 2.24. The Hall–Kier alpha value is -1.09. The molecule has 1 heterocycles. The number of aromatic nitrogens is 1. The van der Waals surface area contributed by atoms with Crippen molar-refractivity contribution in [2.75, 3.05) is 7.11 Å². The van der Waals surface area contributed by atoms with Crippen molar-refractivity contribution in [1.29, 1.82) is 0 Å². The van der Waals surface area contributed by atoms with E-state index in [9.17, 15) is 0 Å². The lowest BCUT2D eigenvalue weighted by Gasteiger charge is -2.32. The Morgan fingerprint density at radius 2 is 2.26 bits per heavy atom. The van der Waals surface area contributed by atoms with Crippen LogP contribution in [0.2, 0.25) is 0 Å². The zero-order chi connectivity index (χ0) is 13.7. The summed E-state index contributed by atoms with van der Waals surface area (Å²) in [6, 6.07) is 4.26. The summed E-state index contributed by atoms with van der Waals surface area (Å²) >= 11 is 0. The average molecular weight is 262 g/mol. The van der Waals surface area contributed by atoms with Crippen molar-refractivity contribution in [2.45, 2.75) is 51.5 Å². The first-order valence-corrected chi connectivity index (χ1v) is 7.47. The molecule has 0 bridgehead atoms. The molecule has 0 saturated heterocycles. The molecule has 3 atom stereocenters. The average Bonchev–Trinajstić information content (AvgIpc) is 2.48. The Morgan fingerprint density at radius 3 is 2.89 bits per heavy atom. The fourth-order valence-corrected chi connectivity index (χ4v) is 3.18. The Labute approximate surface area is 116 Å². The van der Waals surface area contributed by atoms with Crippen molar-refractivity contribution >= 4 is 0 Å². The van der Waals surface area contributed by atoms with E-state index in [2.05, 4.69) is 18.0 Å². The molecule has 1 aromatic heterocycles. The van der Waals surface area contributed by atoms with Gasteiger partial charge >= 0.3 is 0 Å². The zero-order valence-electron chi connectivity index (χ0n) is 12.1. The second-order valence-corrected chi connectivity index (χ2v) is 5.78. The molecule has 3 nitrogen and oxygen atoms in total. The van der Waals surface area contributed by atoms with Crippen molar-refractivity contribution < 1.29 is 4.74 Å². The van der Waals surface area contributed by atoms with Crippen molar-refractivity contribution in [2.24, 2.45) is 17.6 Å². The van der Waals surface area contributed by atoms with Crippen molar-refractivity contribution in [3.05, 3.63) is 23.9 Å². The quantitative estimate of drug-likeness (QED) is 0.886. The molecule has 106 valence electrons. The molecular weight excluding hydrogens is 236 g/mol. The van der Waals surface area contributed by atoms with Crippen molar-refractivity contribution in [3.8, 4) is 5.88 Å². The monoisotopic (exact) mass is 262 g/mol. The Bertz CT molecular complexity index is 377. The maximum Gasteiger partial charge on any atom is 0.212 e. The van der Waals surface area contributed by atoms with E-state index in [0.717, 1.165) is 12.3 Å². The van der Waals surface area contributed by atoms with Gasteiger partial charge in [0.15, 0.2) is 0 Å². The third-order valence-corrected chi connectivity index (χ3v) is 4.48. The van der Waals surface area contributed by atoms with Gasteiger partial charge in [-0.15, -0.1) is 0 Å². The molecule has 1 aliphatic carbocycles. The van der Waals surface area contributed by atoms with Gasteiger partial charge in [-0.05, 0) is 36.7 Å². The van der Waals surface area contributed by atoms with Gasteiger partial charge in [0.05, 0.1) is 7.11 Å². The number of methoxy groups -OCH3 is 1. The minimum Gasteiger partial charge on any atom is -0.481 e. The van der Waals surface area contributed by atoms with Crippen LogP contribution in [-0.2, 0) is 6.42 Å². The summed E-state index contributed by atoms with van der Waals surface area (Å²) in [5.41, 5.74) is 7.62. The van der Waals surface area contributed by atoms with E-state index in [4.69, 9.17) is 10.5 Å². The molecule has 0 spiro atoms. The number of rotatable bonds is 5. The van der Waals surface area contributed by atoms with Crippen LogP contribution in [0.4, 0.5) is 0 Å². The molecule has 2 N–H and O–H groups in total. The second-order valence-electron chi connectivity index (χ2n) is 5.78. The van der Waals surface area contributed by atoms with Crippen molar-refractivity contribution in [1.82, 2.24) is 4.98 Å². The Balaban J connectivity index is 1.90. The number of hydrogen-bond acceptors (Lipinski definition) is 3. The molecule has 0 aromatic carbocycles. The molecule has 3 heteroatoms. The highest BCUT2D eigenvalue weighted by atomic mass is 16.5. The van der Waals surface area contributed by atoms with Gasteiger partial charge in [0, 0.05) is 18.3 Å². The normalized spacial score (nSPS) is 25.0. The summed E-state index contributed by atoms with van der Waals surface area (Å²) < 4.78 is 5.08. The molecule has 0 radical (unpaired) electrons. The number of nitrogens with two attached hydrogens (primary N) is 1. The van der Waals surface area contributed by atoms with Gasteiger partial charge in [0.2, 0.25) is 5.88 Å². The topological polar surface area (TPSA) is 48.1 Å². The Morgan fingerprint density at radius 1 is 1.42 bits per heavy atom. The predicted molar refractivity (Wildman–Crippen MR) is 78.2 cm³/mol. The van der Waals surface area contributed by atoms with Crippen LogP contribution in [0.15, 0.2) is 18.3 Å². The summed E-state index contributed by atoms with van der Waals surface area (Å²) in [6.07, 6.45) is 9.45. The largest absolute Gasteiger partial charge is 0.481 e. The minimum absolute atomic E-state index is 0.268. The molecule has 1 fully saturated rings. The van der Waals surface area contributed by atoms with Crippen LogP contribution in [0.5, 0.6) is 5.88 Å². The highest BCUT2D eigenvalue weighted by molar-refractivity contribution is 5.18. The van der Waals surface area contributed by atoms with Gasteiger partial charge in [0.25, 0.3) is 0 Å². The third kappa shape index (κ3) is 3.93. The van der Waals surface area contributed by atoms with Gasteiger partial charge < -0.3 is 10.5 Å². The zero-order valence-corrected chi connectivity index (χ0v) is 12.1. The van der Waals surface area contributed by atoms with E-state index in [-0.39, 0.29) is 6.04 Å². The maximum atomic E-state index is 6.41. The summed E-state index contributed by atoms with van der Waals surface area (Å²) in [6.45, 7) is 2.30. The van der Waals surface area contributed by atoms with Crippen molar-refractivity contribution in [3.63, 3.8) is 0 Å². The van der Waals surface area contributed by atoms with E-state index in [1.54, 1.807) is 7.11 Å². The molecule has 1 aliphatic rings. The van der Waals surface area contributed by atoms with E-state index >= 15 is 0 Å². The second kappa shape index (κ2) is 6.90. The molecule has 0 aliphatic heterocycles. The van der Waals surface area contributed by atoms with Crippen LogP contribution >= 0.6 is 0 Å². The number of pyridine rings is 1. The lowest BCUT2D eigenvalue weighted by atomic mass is 9.76. The molecule has 0 amide bonds. The SMILES string of the molecule is CCC1CCCC(C(N)Cc2ccc(OC)nc2)C1. The smallest absolute Gasteiger partial charge is 0.212 e. The summed E-state index contributed by atoms with van der Waals surface area (Å²) in [4.78, 5) is 4.25. The molecular formula is C16H26N2O. The Kier molecular flexibility index (Phi) is 5.20. The van der Waals surface area contributed by atoms with Crippen LogP contribution in [0, 0.1) is 11.8 Å². The maximum absolute atomic E-state index is 6.41. The van der Waals surface area contributed by atoms with Gasteiger partial charge in [-0.3, -0.25) is 0 Å². The lowest BCUT2D eigenvalue weighted by Crippen LogP contribution is -2.35. The number of hydrogen-bond donors (Lipinski definition) is 1. The predicted octanol–water partition coefficient (Wildman–Crippen LogP) is 3.18. The molecule has 2 rings (SSSR count). The highest BCUT2D eigenvalue weighted by Crippen LogP contribution is 2.33. The van der Waals surface area contributed by atoms with E-state index in [0.29, 0.717) is 11.8 Å².